The van der Waals surface area contributed by atoms with Crippen molar-refractivity contribution in [2.75, 3.05) is 11.3 Å². The minimum Gasteiger partial charge on any atom is -0.477 e. The molecule has 0 saturated heterocycles. The molecule has 0 aliphatic carbocycles. The number of para-hydroxylation sites is 2. The Balaban J connectivity index is 2.29. The van der Waals surface area contributed by atoms with Gasteiger partial charge in [-0.1, -0.05) is 30.3 Å². The van der Waals surface area contributed by atoms with Crippen molar-refractivity contribution >= 4 is 15.7 Å². The molecule has 0 aromatic heterocycles. The Morgan fingerprint density at radius 2 is 1.70 bits per heavy atom. The average Bonchev–Trinajstić information content (AvgIpc) is 2.47. The van der Waals surface area contributed by atoms with Gasteiger partial charge in [-0.2, -0.15) is 5.26 Å². The van der Waals surface area contributed by atoms with Crippen LogP contribution in [0.25, 0.3) is 0 Å². The second kappa shape index (κ2) is 6.08. The van der Waals surface area contributed by atoms with Gasteiger partial charge in [0.25, 0.3) is 10.0 Å². The number of sulfonamides is 1. The monoisotopic (exact) mass is 288 g/mol. The Labute approximate surface area is 117 Å². The van der Waals surface area contributed by atoms with E-state index >= 15 is 0 Å². The maximum atomic E-state index is 12.2. The SMILES string of the molecule is N#CCOc1ccccc1NS(=O)(=O)c1ccccc1. The highest BCUT2D eigenvalue weighted by atomic mass is 32.2. The maximum absolute atomic E-state index is 12.2. The zero-order valence-corrected chi connectivity index (χ0v) is 11.3. The molecule has 20 heavy (non-hydrogen) atoms. The minimum atomic E-state index is -3.67. The number of nitrogens with zero attached hydrogens (tertiary/aromatic N) is 1. The molecule has 0 amide bonds. The van der Waals surface area contributed by atoms with Crippen LogP contribution in [-0.2, 0) is 10.0 Å². The van der Waals surface area contributed by atoms with Crippen molar-refractivity contribution in [2.45, 2.75) is 4.90 Å². The van der Waals surface area contributed by atoms with E-state index in [1.807, 2.05) is 6.07 Å². The van der Waals surface area contributed by atoms with Crippen LogP contribution in [0.2, 0.25) is 0 Å². The summed E-state index contributed by atoms with van der Waals surface area (Å²) >= 11 is 0. The number of hydrogen-bond acceptors (Lipinski definition) is 4. The molecule has 0 spiro atoms. The van der Waals surface area contributed by atoms with Crippen LogP contribution in [0.3, 0.4) is 0 Å². The summed E-state index contributed by atoms with van der Waals surface area (Å²) in [6.45, 7) is -0.149. The van der Waals surface area contributed by atoms with E-state index in [4.69, 9.17) is 10.00 Å². The molecule has 5 nitrogen and oxygen atoms in total. The summed E-state index contributed by atoms with van der Waals surface area (Å²) < 4.78 is 32.0. The molecule has 0 aliphatic heterocycles. The van der Waals surface area contributed by atoms with Gasteiger partial charge in [-0.25, -0.2) is 8.42 Å². The number of anilines is 1. The third-order valence-electron chi connectivity index (χ3n) is 2.48. The highest BCUT2D eigenvalue weighted by molar-refractivity contribution is 7.92. The van der Waals surface area contributed by atoms with E-state index in [1.165, 1.54) is 12.1 Å². The van der Waals surface area contributed by atoms with Gasteiger partial charge in [0.05, 0.1) is 10.6 Å². The van der Waals surface area contributed by atoms with Crippen LogP contribution in [0.5, 0.6) is 5.75 Å². The highest BCUT2D eigenvalue weighted by Crippen LogP contribution is 2.26. The molecule has 102 valence electrons. The van der Waals surface area contributed by atoms with Gasteiger partial charge in [-0.15, -0.1) is 0 Å². The predicted molar refractivity (Wildman–Crippen MR) is 74.8 cm³/mol. The normalized spacial score (nSPS) is 10.6. The van der Waals surface area contributed by atoms with Gasteiger partial charge in [-0.05, 0) is 24.3 Å². The predicted octanol–water partition coefficient (Wildman–Crippen LogP) is 2.39. The molecule has 2 rings (SSSR count). The van der Waals surface area contributed by atoms with Crippen molar-refractivity contribution in [3.05, 3.63) is 54.6 Å². The Kier molecular flexibility index (Phi) is 4.23. The van der Waals surface area contributed by atoms with Crippen molar-refractivity contribution < 1.29 is 13.2 Å². The first kappa shape index (κ1) is 13.9. The third kappa shape index (κ3) is 3.28. The highest BCUT2D eigenvalue weighted by Gasteiger charge is 2.15. The summed E-state index contributed by atoms with van der Waals surface area (Å²) in [6.07, 6.45) is 0. The van der Waals surface area contributed by atoms with Gasteiger partial charge < -0.3 is 4.74 Å². The lowest BCUT2D eigenvalue weighted by Crippen LogP contribution is -2.13. The molecule has 0 heterocycles. The first-order valence-corrected chi connectivity index (χ1v) is 7.28. The van der Waals surface area contributed by atoms with Crippen molar-refractivity contribution in [1.82, 2.24) is 0 Å². The molecular formula is C14H12N2O3S. The topological polar surface area (TPSA) is 79.2 Å². The second-order valence-electron chi connectivity index (χ2n) is 3.86. The molecule has 0 radical (unpaired) electrons. The zero-order chi connectivity index (χ0) is 14.4. The number of hydrogen-bond donors (Lipinski definition) is 1. The molecule has 1 N–H and O–H groups in total. The largest absolute Gasteiger partial charge is 0.477 e. The van der Waals surface area contributed by atoms with E-state index in [0.29, 0.717) is 11.4 Å². The molecule has 2 aromatic rings. The number of nitrogens with one attached hydrogen (secondary N) is 1. The van der Waals surface area contributed by atoms with E-state index in [2.05, 4.69) is 4.72 Å². The van der Waals surface area contributed by atoms with Gasteiger partial charge >= 0.3 is 0 Å². The summed E-state index contributed by atoms with van der Waals surface area (Å²) in [7, 11) is -3.67. The Hall–Kier alpha value is -2.52. The standard InChI is InChI=1S/C14H12N2O3S/c15-10-11-19-14-9-5-4-8-13(14)16-20(17,18)12-6-2-1-3-7-12/h1-9,16H,11H2. The first-order chi connectivity index (χ1) is 9.63. The molecular weight excluding hydrogens is 276 g/mol. The Morgan fingerprint density at radius 3 is 2.40 bits per heavy atom. The van der Waals surface area contributed by atoms with Crippen LogP contribution in [0.15, 0.2) is 59.5 Å². The smallest absolute Gasteiger partial charge is 0.262 e. The van der Waals surface area contributed by atoms with Gasteiger partial charge in [0.15, 0.2) is 6.61 Å². The van der Waals surface area contributed by atoms with Crippen LogP contribution < -0.4 is 9.46 Å². The van der Waals surface area contributed by atoms with E-state index in [9.17, 15) is 8.42 Å². The van der Waals surface area contributed by atoms with Crippen molar-refractivity contribution in [2.24, 2.45) is 0 Å². The van der Waals surface area contributed by atoms with E-state index in [-0.39, 0.29) is 11.5 Å². The summed E-state index contributed by atoms with van der Waals surface area (Å²) in [4.78, 5) is 0.162. The Morgan fingerprint density at radius 1 is 1.05 bits per heavy atom. The van der Waals surface area contributed by atoms with Crippen LogP contribution in [-0.4, -0.2) is 15.0 Å². The van der Waals surface area contributed by atoms with Gasteiger partial charge in [0.1, 0.15) is 11.8 Å². The summed E-state index contributed by atoms with van der Waals surface area (Å²) in [6, 6.07) is 16.4. The fourth-order valence-electron chi connectivity index (χ4n) is 1.59. The lowest BCUT2D eigenvalue weighted by molar-refractivity contribution is 0.370. The summed E-state index contributed by atoms with van der Waals surface area (Å²) in [5, 5.41) is 8.52. The van der Waals surface area contributed by atoms with Crippen LogP contribution >= 0.6 is 0 Å². The zero-order valence-electron chi connectivity index (χ0n) is 10.5. The van der Waals surface area contributed by atoms with Crippen LogP contribution in [0.4, 0.5) is 5.69 Å². The lowest BCUT2D eigenvalue weighted by Gasteiger charge is -2.12. The van der Waals surface area contributed by atoms with Crippen molar-refractivity contribution in [3.8, 4) is 11.8 Å². The third-order valence-corrected chi connectivity index (χ3v) is 3.86. The quantitative estimate of drug-likeness (QED) is 0.916. The lowest BCUT2D eigenvalue weighted by atomic mass is 10.3. The maximum Gasteiger partial charge on any atom is 0.262 e. The van der Waals surface area contributed by atoms with Crippen LogP contribution in [0, 0.1) is 11.3 Å². The molecule has 0 unspecified atom stereocenters. The first-order valence-electron chi connectivity index (χ1n) is 5.80. The van der Waals surface area contributed by atoms with Gasteiger partial charge in [-0.3, -0.25) is 4.72 Å². The molecule has 0 aliphatic rings. The summed E-state index contributed by atoms with van der Waals surface area (Å²) in [5.74, 6) is 0.313. The van der Waals surface area contributed by atoms with E-state index in [1.54, 1.807) is 42.5 Å². The molecule has 6 heteroatoms. The van der Waals surface area contributed by atoms with E-state index < -0.39 is 10.0 Å². The Bertz CT molecular complexity index is 722. The van der Waals surface area contributed by atoms with E-state index in [0.717, 1.165) is 0 Å². The number of benzene rings is 2. The number of rotatable bonds is 5. The summed E-state index contributed by atoms with van der Waals surface area (Å²) in [5.41, 5.74) is 0.298. The van der Waals surface area contributed by atoms with Crippen LogP contribution in [0.1, 0.15) is 0 Å². The van der Waals surface area contributed by atoms with Gasteiger partial charge in [0, 0.05) is 0 Å². The second-order valence-corrected chi connectivity index (χ2v) is 5.54. The fourth-order valence-corrected chi connectivity index (χ4v) is 2.68. The molecule has 0 atom stereocenters. The van der Waals surface area contributed by atoms with Gasteiger partial charge in [0.2, 0.25) is 0 Å². The molecule has 0 fully saturated rings. The minimum absolute atomic E-state index is 0.149. The number of nitriles is 1. The molecule has 0 saturated carbocycles. The average molecular weight is 288 g/mol. The fraction of sp³-hybridized carbons (Fsp3) is 0.0714. The molecule has 0 bridgehead atoms. The van der Waals surface area contributed by atoms with Crippen molar-refractivity contribution in [3.63, 3.8) is 0 Å². The number of ether oxygens (including phenoxy) is 1. The molecule has 2 aromatic carbocycles. The van der Waals surface area contributed by atoms with Crippen molar-refractivity contribution in [1.29, 1.82) is 5.26 Å².